The highest BCUT2D eigenvalue weighted by molar-refractivity contribution is 7.80. The maximum absolute atomic E-state index is 11.8. The summed E-state index contributed by atoms with van der Waals surface area (Å²) in [7, 11) is 0. The van der Waals surface area contributed by atoms with Crippen LogP contribution in [0.25, 0.3) is 0 Å². The maximum Gasteiger partial charge on any atom is 0.269 e. The smallest absolute Gasteiger partial charge is 0.269 e. The average Bonchev–Trinajstić information content (AvgIpc) is 2.60. The van der Waals surface area contributed by atoms with Crippen molar-refractivity contribution in [3.8, 4) is 5.75 Å². The van der Waals surface area contributed by atoms with Crippen molar-refractivity contribution in [1.82, 2.24) is 5.32 Å². The van der Waals surface area contributed by atoms with Crippen molar-refractivity contribution < 1.29 is 14.5 Å². The topological polar surface area (TPSA) is 93.5 Å². The first-order valence-electron chi connectivity index (χ1n) is 7.55. The van der Waals surface area contributed by atoms with Crippen LogP contribution in [-0.4, -0.2) is 22.5 Å². The number of hydrogen-bond acceptors (Lipinski definition) is 5. The Kier molecular flexibility index (Phi) is 6.41. The Labute approximate surface area is 150 Å². The number of carbonyl (C=O) groups excluding carboxylic acids is 1. The molecule has 1 amide bonds. The summed E-state index contributed by atoms with van der Waals surface area (Å²) in [5.74, 6) is 0.195. The summed E-state index contributed by atoms with van der Waals surface area (Å²) in [6.07, 6.45) is 0.934. The number of amides is 1. The second kappa shape index (κ2) is 8.74. The predicted molar refractivity (Wildman–Crippen MR) is 98.8 cm³/mol. The molecule has 130 valence electrons. The molecule has 0 aliphatic heterocycles. The highest BCUT2D eigenvalue weighted by Gasteiger charge is 2.08. The quantitative estimate of drug-likeness (QED) is 0.468. The van der Waals surface area contributed by atoms with E-state index in [0.29, 0.717) is 11.4 Å². The Morgan fingerprint density at radius 1 is 1.16 bits per heavy atom. The van der Waals surface area contributed by atoms with E-state index in [-0.39, 0.29) is 17.4 Å². The van der Waals surface area contributed by atoms with Gasteiger partial charge < -0.3 is 10.1 Å². The standard InChI is InChI=1S/C17H17N3O4S/c1-2-12-3-9-15(10-4-12)24-11-16(21)19-17(25)18-13-5-7-14(8-6-13)20(22)23/h3-10H,2,11H2,1H3,(H2,18,19,21,25). The highest BCUT2D eigenvalue weighted by atomic mass is 32.1. The average molecular weight is 359 g/mol. The number of aryl methyl sites for hydroxylation is 1. The zero-order chi connectivity index (χ0) is 18.2. The Morgan fingerprint density at radius 3 is 2.36 bits per heavy atom. The van der Waals surface area contributed by atoms with Crippen molar-refractivity contribution in [1.29, 1.82) is 0 Å². The number of benzene rings is 2. The molecule has 25 heavy (non-hydrogen) atoms. The van der Waals surface area contributed by atoms with Gasteiger partial charge in [0, 0.05) is 17.8 Å². The number of nitro benzene ring substituents is 1. The van der Waals surface area contributed by atoms with E-state index in [1.165, 1.54) is 29.8 Å². The molecule has 2 aromatic rings. The van der Waals surface area contributed by atoms with Gasteiger partial charge in [-0.3, -0.25) is 20.2 Å². The van der Waals surface area contributed by atoms with Crippen LogP contribution >= 0.6 is 12.2 Å². The second-order valence-electron chi connectivity index (χ2n) is 5.09. The van der Waals surface area contributed by atoms with Crippen LogP contribution in [0.1, 0.15) is 12.5 Å². The monoisotopic (exact) mass is 359 g/mol. The van der Waals surface area contributed by atoms with E-state index in [9.17, 15) is 14.9 Å². The number of nitro groups is 1. The molecule has 0 fully saturated rings. The van der Waals surface area contributed by atoms with E-state index in [0.717, 1.165) is 6.42 Å². The van der Waals surface area contributed by atoms with Gasteiger partial charge in [0.1, 0.15) is 5.75 Å². The van der Waals surface area contributed by atoms with Crippen LogP contribution in [0.15, 0.2) is 48.5 Å². The van der Waals surface area contributed by atoms with Crippen LogP contribution in [0, 0.1) is 10.1 Å². The molecule has 2 N–H and O–H groups in total. The van der Waals surface area contributed by atoms with Crippen molar-refractivity contribution in [3.05, 3.63) is 64.2 Å². The molecular weight excluding hydrogens is 342 g/mol. The molecule has 0 bridgehead atoms. The lowest BCUT2D eigenvalue weighted by Crippen LogP contribution is -2.37. The van der Waals surface area contributed by atoms with Crippen LogP contribution in [0.2, 0.25) is 0 Å². The summed E-state index contributed by atoms with van der Waals surface area (Å²) < 4.78 is 5.39. The lowest BCUT2D eigenvalue weighted by atomic mass is 10.2. The molecule has 0 aromatic heterocycles. The molecule has 0 atom stereocenters. The van der Waals surface area contributed by atoms with E-state index in [1.807, 2.05) is 12.1 Å². The maximum atomic E-state index is 11.8. The molecule has 0 heterocycles. The molecule has 0 saturated carbocycles. The Morgan fingerprint density at radius 2 is 1.80 bits per heavy atom. The number of anilines is 1. The third-order valence-corrected chi connectivity index (χ3v) is 3.49. The molecule has 0 radical (unpaired) electrons. The SMILES string of the molecule is CCc1ccc(OCC(=O)NC(=S)Nc2ccc([N+](=O)[O-])cc2)cc1. The molecule has 0 aliphatic carbocycles. The van der Waals surface area contributed by atoms with Crippen molar-refractivity contribution in [3.63, 3.8) is 0 Å². The molecule has 0 unspecified atom stereocenters. The molecule has 0 aliphatic rings. The normalized spacial score (nSPS) is 9.96. The van der Waals surface area contributed by atoms with E-state index in [2.05, 4.69) is 17.6 Å². The predicted octanol–water partition coefficient (Wildman–Crippen LogP) is 3.05. The van der Waals surface area contributed by atoms with Gasteiger partial charge >= 0.3 is 0 Å². The van der Waals surface area contributed by atoms with Gasteiger partial charge in [-0.05, 0) is 48.5 Å². The van der Waals surface area contributed by atoms with Gasteiger partial charge in [0.25, 0.3) is 11.6 Å². The van der Waals surface area contributed by atoms with E-state index >= 15 is 0 Å². The van der Waals surface area contributed by atoms with E-state index < -0.39 is 10.8 Å². The summed E-state index contributed by atoms with van der Waals surface area (Å²) in [5, 5.41) is 15.9. The minimum atomic E-state index is -0.492. The Hall–Kier alpha value is -3.00. The largest absolute Gasteiger partial charge is 0.484 e. The summed E-state index contributed by atoms with van der Waals surface area (Å²) in [6, 6.07) is 13.2. The second-order valence-corrected chi connectivity index (χ2v) is 5.50. The molecule has 2 aromatic carbocycles. The fraction of sp³-hybridized carbons (Fsp3) is 0.176. The van der Waals surface area contributed by atoms with E-state index in [4.69, 9.17) is 17.0 Å². The lowest BCUT2D eigenvalue weighted by Gasteiger charge is -2.10. The number of nitrogens with zero attached hydrogens (tertiary/aromatic N) is 1. The fourth-order valence-electron chi connectivity index (χ4n) is 1.96. The first-order chi connectivity index (χ1) is 12.0. The van der Waals surface area contributed by atoms with Crippen LogP contribution in [0.4, 0.5) is 11.4 Å². The molecule has 0 spiro atoms. The van der Waals surface area contributed by atoms with Crippen LogP contribution in [0.3, 0.4) is 0 Å². The summed E-state index contributed by atoms with van der Waals surface area (Å²) in [6.45, 7) is 1.88. The number of ether oxygens (including phenoxy) is 1. The number of nitrogens with one attached hydrogen (secondary N) is 2. The van der Waals surface area contributed by atoms with Crippen LogP contribution in [-0.2, 0) is 11.2 Å². The Balaban J connectivity index is 1.79. The summed E-state index contributed by atoms with van der Waals surface area (Å²) in [4.78, 5) is 21.9. The minimum Gasteiger partial charge on any atom is -0.484 e. The highest BCUT2D eigenvalue weighted by Crippen LogP contribution is 2.15. The molecule has 7 nitrogen and oxygen atoms in total. The number of carbonyl (C=O) groups is 1. The number of rotatable bonds is 6. The van der Waals surface area contributed by atoms with Gasteiger partial charge in [-0.15, -0.1) is 0 Å². The van der Waals surface area contributed by atoms with Gasteiger partial charge in [-0.25, -0.2) is 0 Å². The van der Waals surface area contributed by atoms with Crippen molar-refractivity contribution >= 4 is 34.6 Å². The van der Waals surface area contributed by atoms with Gasteiger partial charge in [-0.1, -0.05) is 19.1 Å². The lowest BCUT2D eigenvalue weighted by molar-refractivity contribution is -0.384. The zero-order valence-corrected chi connectivity index (χ0v) is 14.3. The van der Waals surface area contributed by atoms with Crippen molar-refractivity contribution in [2.45, 2.75) is 13.3 Å². The van der Waals surface area contributed by atoms with Crippen molar-refractivity contribution in [2.75, 3.05) is 11.9 Å². The molecular formula is C17H17N3O4S. The van der Waals surface area contributed by atoms with Gasteiger partial charge in [0.2, 0.25) is 0 Å². The van der Waals surface area contributed by atoms with Crippen LogP contribution in [0.5, 0.6) is 5.75 Å². The first-order valence-corrected chi connectivity index (χ1v) is 7.95. The number of non-ortho nitro benzene ring substituents is 1. The third kappa shape index (κ3) is 5.85. The Bertz CT molecular complexity index is 760. The van der Waals surface area contributed by atoms with Crippen LogP contribution < -0.4 is 15.4 Å². The third-order valence-electron chi connectivity index (χ3n) is 3.29. The van der Waals surface area contributed by atoms with Crippen molar-refractivity contribution in [2.24, 2.45) is 0 Å². The van der Waals surface area contributed by atoms with E-state index in [1.54, 1.807) is 12.1 Å². The molecule has 0 saturated heterocycles. The van der Waals surface area contributed by atoms with Gasteiger partial charge in [0.15, 0.2) is 11.7 Å². The number of hydrogen-bond donors (Lipinski definition) is 2. The first kappa shape index (κ1) is 18.3. The zero-order valence-electron chi connectivity index (χ0n) is 13.5. The summed E-state index contributed by atoms with van der Waals surface area (Å²) >= 11 is 5.03. The molecule has 8 heteroatoms. The number of thiocarbonyl (C=S) groups is 1. The summed E-state index contributed by atoms with van der Waals surface area (Å²) in [5.41, 5.74) is 1.69. The molecule has 2 rings (SSSR count). The fourth-order valence-corrected chi connectivity index (χ4v) is 2.19. The van der Waals surface area contributed by atoms with Gasteiger partial charge in [0.05, 0.1) is 4.92 Å². The van der Waals surface area contributed by atoms with Gasteiger partial charge in [-0.2, -0.15) is 0 Å². The minimum absolute atomic E-state index is 0.0250.